The van der Waals surface area contributed by atoms with Gasteiger partial charge in [0.1, 0.15) is 0 Å². The maximum absolute atomic E-state index is 5.90. The highest BCUT2D eigenvalue weighted by Crippen LogP contribution is 2.36. The number of nitrogen functional groups attached to an aromatic ring is 1. The van der Waals surface area contributed by atoms with Crippen molar-refractivity contribution in [1.82, 2.24) is 0 Å². The van der Waals surface area contributed by atoms with E-state index in [1.54, 1.807) is 0 Å². The Morgan fingerprint density at radius 1 is 1.44 bits per heavy atom. The summed E-state index contributed by atoms with van der Waals surface area (Å²) < 4.78 is 5.70. The maximum Gasteiger partial charge on any atom is 0.0592 e. The molecule has 1 unspecified atom stereocenters. The molecule has 0 saturated carbocycles. The highest BCUT2D eigenvalue weighted by atomic mass is 32.2. The van der Waals surface area contributed by atoms with Gasteiger partial charge in [0, 0.05) is 36.0 Å². The molecule has 0 radical (unpaired) electrons. The Hall–Kier alpha value is -0.870. The number of thioether (sulfide) groups is 1. The Morgan fingerprint density at radius 3 is 3.22 bits per heavy atom. The van der Waals surface area contributed by atoms with Crippen molar-refractivity contribution in [3.05, 3.63) is 18.2 Å². The lowest BCUT2D eigenvalue weighted by Gasteiger charge is -2.31. The van der Waals surface area contributed by atoms with Crippen LogP contribution in [0.2, 0.25) is 0 Å². The Labute approximate surface area is 113 Å². The summed E-state index contributed by atoms with van der Waals surface area (Å²) in [5.41, 5.74) is 8.07. The van der Waals surface area contributed by atoms with Gasteiger partial charge in [0.05, 0.1) is 11.8 Å². The molecule has 2 heterocycles. The van der Waals surface area contributed by atoms with Gasteiger partial charge in [-0.2, -0.15) is 0 Å². The summed E-state index contributed by atoms with van der Waals surface area (Å²) in [6, 6.07) is 6.25. The van der Waals surface area contributed by atoms with Crippen LogP contribution >= 0.6 is 11.8 Å². The van der Waals surface area contributed by atoms with E-state index in [-0.39, 0.29) is 0 Å². The summed E-state index contributed by atoms with van der Waals surface area (Å²) in [5.74, 6) is 1.17. The minimum Gasteiger partial charge on any atom is -0.399 e. The zero-order chi connectivity index (χ0) is 12.4. The van der Waals surface area contributed by atoms with Gasteiger partial charge in [0.15, 0.2) is 0 Å². The number of anilines is 2. The van der Waals surface area contributed by atoms with E-state index in [1.807, 2.05) is 17.8 Å². The molecule has 18 heavy (non-hydrogen) atoms. The molecule has 2 aliphatic heterocycles. The SMILES string of the molecule is Nc1ccc2c(c1)N(CCC1CCCO1)CCS2. The standard InChI is InChI=1S/C14H20N2OS/c15-11-3-4-14-13(10-11)16(7-9-18-14)6-5-12-2-1-8-17-12/h3-4,10,12H,1-2,5-9,15H2. The van der Waals surface area contributed by atoms with Gasteiger partial charge in [-0.1, -0.05) is 0 Å². The third-order valence-corrected chi connectivity index (χ3v) is 4.73. The molecule has 2 N–H and O–H groups in total. The number of nitrogens with two attached hydrogens (primary N) is 1. The van der Waals surface area contributed by atoms with Gasteiger partial charge < -0.3 is 15.4 Å². The van der Waals surface area contributed by atoms with Gasteiger partial charge in [-0.15, -0.1) is 11.8 Å². The second-order valence-electron chi connectivity index (χ2n) is 4.99. The van der Waals surface area contributed by atoms with E-state index in [0.717, 1.165) is 31.8 Å². The molecule has 0 aliphatic carbocycles. The van der Waals surface area contributed by atoms with Crippen molar-refractivity contribution in [2.75, 3.05) is 36.1 Å². The van der Waals surface area contributed by atoms with E-state index in [2.05, 4.69) is 17.0 Å². The van der Waals surface area contributed by atoms with Gasteiger partial charge in [-0.25, -0.2) is 0 Å². The predicted octanol–water partition coefficient (Wildman–Crippen LogP) is 2.75. The Bertz CT molecular complexity index is 418. The molecule has 1 aromatic carbocycles. The first-order valence-corrected chi connectivity index (χ1v) is 7.70. The van der Waals surface area contributed by atoms with Crippen molar-refractivity contribution in [1.29, 1.82) is 0 Å². The van der Waals surface area contributed by atoms with Crippen LogP contribution in [-0.2, 0) is 4.74 Å². The van der Waals surface area contributed by atoms with Crippen molar-refractivity contribution in [2.45, 2.75) is 30.3 Å². The first-order valence-electron chi connectivity index (χ1n) is 6.72. The van der Waals surface area contributed by atoms with E-state index < -0.39 is 0 Å². The number of hydrogen-bond acceptors (Lipinski definition) is 4. The fourth-order valence-electron chi connectivity index (χ4n) is 2.69. The summed E-state index contributed by atoms with van der Waals surface area (Å²) in [6.45, 7) is 3.15. The van der Waals surface area contributed by atoms with Gasteiger partial charge in [0.25, 0.3) is 0 Å². The van der Waals surface area contributed by atoms with Crippen LogP contribution in [0.25, 0.3) is 0 Å². The Balaban J connectivity index is 1.68. The normalized spacial score (nSPS) is 23.1. The van der Waals surface area contributed by atoms with Gasteiger partial charge in [-0.3, -0.25) is 0 Å². The average Bonchev–Trinajstić information content (AvgIpc) is 2.89. The molecule has 1 fully saturated rings. The number of rotatable bonds is 3. The van der Waals surface area contributed by atoms with Gasteiger partial charge >= 0.3 is 0 Å². The van der Waals surface area contributed by atoms with E-state index in [4.69, 9.17) is 10.5 Å². The Morgan fingerprint density at radius 2 is 2.39 bits per heavy atom. The van der Waals surface area contributed by atoms with Crippen molar-refractivity contribution >= 4 is 23.1 Å². The quantitative estimate of drug-likeness (QED) is 0.852. The van der Waals surface area contributed by atoms with Crippen LogP contribution in [0.5, 0.6) is 0 Å². The summed E-state index contributed by atoms with van der Waals surface area (Å²) in [5, 5.41) is 0. The number of benzene rings is 1. The first kappa shape index (κ1) is 12.2. The van der Waals surface area contributed by atoms with Crippen molar-refractivity contribution in [2.24, 2.45) is 0 Å². The molecule has 1 saturated heterocycles. The third-order valence-electron chi connectivity index (χ3n) is 3.69. The van der Waals surface area contributed by atoms with Crippen LogP contribution in [0, 0.1) is 0 Å². The van der Waals surface area contributed by atoms with Crippen molar-refractivity contribution in [3.8, 4) is 0 Å². The lowest BCUT2D eigenvalue weighted by molar-refractivity contribution is 0.106. The fraction of sp³-hybridized carbons (Fsp3) is 0.571. The molecule has 1 atom stereocenters. The second kappa shape index (κ2) is 5.41. The molecule has 2 aliphatic rings. The number of fused-ring (bicyclic) bond motifs is 1. The summed E-state index contributed by atoms with van der Waals surface area (Å²) in [7, 11) is 0. The number of nitrogens with zero attached hydrogens (tertiary/aromatic N) is 1. The monoisotopic (exact) mass is 264 g/mol. The van der Waals surface area contributed by atoms with E-state index >= 15 is 0 Å². The summed E-state index contributed by atoms with van der Waals surface area (Å²) >= 11 is 1.93. The molecule has 98 valence electrons. The Kier molecular flexibility index (Phi) is 3.66. The first-order chi connectivity index (χ1) is 8.83. The summed E-state index contributed by atoms with van der Waals surface area (Å²) in [4.78, 5) is 3.83. The highest BCUT2D eigenvalue weighted by molar-refractivity contribution is 7.99. The minimum atomic E-state index is 0.476. The maximum atomic E-state index is 5.90. The van der Waals surface area contributed by atoms with Crippen LogP contribution in [0.1, 0.15) is 19.3 Å². The highest BCUT2D eigenvalue weighted by Gasteiger charge is 2.20. The van der Waals surface area contributed by atoms with E-state index in [9.17, 15) is 0 Å². The largest absolute Gasteiger partial charge is 0.399 e. The van der Waals surface area contributed by atoms with Crippen molar-refractivity contribution < 1.29 is 4.74 Å². The molecule has 4 heteroatoms. The third kappa shape index (κ3) is 2.59. The topological polar surface area (TPSA) is 38.5 Å². The molecule has 3 rings (SSSR count). The number of ether oxygens (including phenoxy) is 1. The molecule has 0 aromatic heterocycles. The predicted molar refractivity (Wildman–Crippen MR) is 77.4 cm³/mol. The van der Waals surface area contributed by atoms with E-state index in [0.29, 0.717) is 6.10 Å². The van der Waals surface area contributed by atoms with Crippen LogP contribution in [-0.4, -0.2) is 31.6 Å². The summed E-state index contributed by atoms with van der Waals surface area (Å²) in [6.07, 6.45) is 4.07. The molecule has 0 amide bonds. The van der Waals surface area contributed by atoms with Crippen LogP contribution < -0.4 is 10.6 Å². The molecule has 1 aromatic rings. The molecular formula is C14H20N2OS. The minimum absolute atomic E-state index is 0.476. The van der Waals surface area contributed by atoms with Crippen LogP contribution in [0.4, 0.5) is 11.4 Å². The lowest BCUT2D eigenvalue weighted by Crippen LogP contribution is -2.32. The second-order valence-corrected chi connectivity index (χ2v) is 6.12. The molecule has 0 bridgehead atoms. The van der Waals surface area contributed by atoms with Gasteiger partial charge in [0.2, 0.25) is 0 Å². The molecule has 0 spiro atoms. The number of hydrogen-bond donors (Lipinski definition) is 1. The zero-order valence-electron chi connectivity index (χ0n) is 10.6. The van der Waals surface area contributed by atoms with Crippen molar-refractivity contribution in [3.63, 3.8) is 0 Å². The van der Waals surface area contributed by atoms with Crippen LogP contribution in [0.3, 0.4) is 0 Å². The molecule has 3 nitrogen and oxygen atoms in total. The lowest BCUT2D eigenvalue weighted by atomic mass is 10.1. The zero-order valence-corrected chi connectivity index (χ0v) is 11.4. The molecular weight excluding hydrogens is 244 g/mol. The van der Waals surface area contributed by atoms with Crippen LogP contribution in [0.15, 0.2) is 23.1 Å². The fourth-order valence-corrected chi connectivity index (χ4v) is 3.73. The smallest absolute Gasteiger partial charge is 0.0592 e. The van der Waals surface area contributed by atoms with E-state index in [1.165, 1.54) is 29.2 Å². The van der Waals surface area contributed by atoms with Gasteiger partial charge in [-0.05, 0) is 37.5 Å². The average molecular weight is 264 g/mol.